The maximum Gasteiger partial charge on any atom is 0.211 e. The van der Waals surface area contributed by atoms with Crippen LogP contribution in [0.1, 0.15) is 31.9 Å². The monoisotopic (exact) mass is 387 g/mol. The van der Waals surface area contributed by atoms with E-state index < -0.39 is 10.0 Å². The van der Waals surface area contributed by atoms with Gasteiger partial charge in [0, 0.05) is 32.7 Å². The number of aromatic nitrogens is 3. The van der Waals surface area contributed by atoms with Crippen LogP contribution in [0.2, 0.25) is 0 Å². The van der Waals surface area contributed by atoms with E-state index >= 15 is 0 Å². The number of guanidine groups is 1. The minimum atomic E-state index is -3.18. The minimum absolute atomic E-state index is 0.0718. The van der Waals surface area contributed by atoms with Crippen LogP contribution in [0.5, 0.6) is 0 Å². The summed E-state index contributed by atoms with van der Waals surface area (Å²) in [6.45, 7) is 6.10. The highest BCUT2D eigenvalue weighted by Gasteiger charge is 2.22. The molecular formula is C15H29N7O3S. The van der Waals surface area contributed by atoms with E-state index in [0.717, 1.165) is 25.2 Å². The Morgan fingerprint density at radius 1 is 1.42 bits per heavy atom. The van der Waals surface area contributed by atoms with Gasteiger partial charge in [0.05, 0.1) is 18.8 Å². The zero-order valence-corrected chi connectivity index (χ0v) is 16.5. The number of hydrogen-bond acceptors (Lipinski definition) is 6. The molecule has 1 unspecified atom stereocenters. The van der Waals surface area contributed by atoms with Crippen LogP contribution >= 0.6 is 0 Å². The third-order valence-electron chi connectivity index (χ3n) is 3.94. The Morgan fingerprint density at radius 2 is 2.23 bits per heavy atom. The van der Waals surface area contributed by atoms with Crippen LogP contribution in [0.3, 0.4) is 0 Å². The SMILES string of the molecule is CCNC(=NCCNS(=O)(=O)CC)NC1CCc2nc(COC)nn2C1. The van der Waals surface area contributed by atoms with Crippen molar-refractivity contribution in [2.24, 2.45) is 4.99 Å². The first-order valence-corrected chi connectivity index (χ1v) is 10.6. The predicted molar refractivity (Wildman–Crippen MR) is 99.4 cm³/mol. The first-order chi connectivity index (χ1) is 12.5. The van der Waals surface area contributed by atoms with Crippen LogP contribution in [0.25, 0.3) is 0 Å². The average molecular weight is 388 g/mol. The van der Waals surface area contributed by atoms with Gasteiger partial charge in [-0.05, 0) is 20.3 Å². The van der Waals surface area contributed by atoms with E-state index in [0.29, 0.717) is 31.5 Å². The van der Waals surface area contributed by atoms with Crippen molar-refractivity contribution in [1.29, 1.82) is 0 Å². The van der Waals surface area contributed by atoms with Crippen molar-refractivity contribution in [3.05, 3.63) is 11.6 Å². The first kappa shape index (κ1) is 20.6. The molecule has 0 spiro atoms. The van der Waals surface area contributed by atoms with Crippen LogP contribution in [-0.2, 0) is 34.3 Å². The van der Waals surface area contributed by atoms with E-state index in [1.54, 1.807) is 14.0 Å². The summed E-state index contributed by atoms with van der Waals surface area (Å²) in [6, 6.07) is 0.185. The van der Waals surface area contributed by atoms with Crippen LogP contribution in [0.15, 0.2) is 4.99 Å². The number of fused-ring (bicyclic) bond motifs is 1. The Kier molecular flexibility index (Phi) is 7.79. The summed E-state index contributed by atoms with van der Waals surface area (Å²) >= 11 is 0. The molecule has 3 N–H and O–H groups in total. The quantitative estimate of drug-likeness (QED) is 0.289. The Balaban J connectivity index is 1.89. The molecule has 11 heteroatoms. The Labute approximate surface area is 154 Å². The zero-order valence-electron chi connectivity index (χ0n) is 15.7. The van der Waals surface area contributed by atoms with Crippen LogP contribution < -0.4 is 15.4 Å². The molecule has 0 aliphatic carbocycles. The van der Waals surface area contributed by atoms with Crippen molar-refractivity contribution < 1.29 is 13.2 Å². The number of aryl methyl sites for hydroxylation is 1. The molecule has 2 rings (SSSR count). The Bertz CT molecular complexity index is 702. The Morgan fingerprint density at radius 3 is 2.92 bits per heavy atom. The van der Waals surface area contributed by atoms with Gasteiger partial charge in [0.15, 0.2) is 11.8 Å². The van der Waals surface area contributed by atoms with Gasteiger partial charge in [0.1, 0.15) is 12.4 Å². The molecule has 1 atom stereocenters. The molecule has 10 nitrogen and oxygen atoms in total. The summed E-state index contributed by atoms with van der Waals surface area (Å²) in [7, 11) is -1.55. The van der Waals surface area contributed by atoms with Gasteiger partial charge in [-0.3, -0.25) is 4.99 Å². The lowest BCUT2D eigenvalue weighted by Gasteiger charge is -2.25. The summed E-state index contributed by atoms with van der Waals surface area (Å²) in [5.74, 6) is 2.43. The molecule has 1 aromatic rings. The fraction of sp³-hybridized carbons (Fsp3) is 0.800. The summed E-state index contributed by atoms with van der Waals surface area (Å²) in [4.78, 5) is 8.91. The normalized spacial score (nSPS) is 17.8. The number of sulfonamides is 1. The van der Waals surface area contributed by atoms with Crippen LogP contribution in [0.4, 0.5) is 0 Å². The number of hydrogen-bond donors (Lipinski definition) is 3. The summed E-state index contributed by atoms with van der Waals surface area (Å²) in [6.07, 6.45) is 1.77. The second-order valence-corrected chi connectivity index (χ2v) is 8.09. The highest BCUT2D eigenvalue weighted by Crippen LogP contribution is 2.13. The van der Waals surface area contributed by atoms with E-state index in [4.69, 9.17) is 4.74 Å². The number of rotatable bonds is 9. The van der Waals surface area contributed by atoms with E-state index in [2.05, 4.69) is 30.4 Å². The average Bonchev–Trinajstić information content (AvgIpc) is 3.01. The maximum atomic E-state index is 11.4. The third kappa shape index (κ3) is 6.22. The molecule has 0 bridgehead atoms. The van der Waals surface area contributed by atoms with Gasteiger partial charge in [-0.2, -0.15) is 5.10 Å². The molecule has 26 heavy (non-hydrogen) atoms. The van der Waals surface area contributed by atoms with Gasteiger partial charge in [0.2, 0.25) is 10.0 Å². The summed E-state index contributed by atoms with van der Waals surface area (Å²) < 4.78 is 32.4. The highest BCUT2D eigenvalue weighted by molar-refractivity contribution is 7.89. The fourth-order valence-corrected chi connectivity index (χ4v) is 3.26. The molecule has 0 aromatic carbocycles. The molecule has 0 saturated carbocycles. The topological polar surface area (TPSA) is 123 Å². The van der Waals surface area contributed by atoms with E-state index in [-0.39, 0.29) is 18.3 Å². The van der Waals surface area contributed by atoms with Crippen molar-refractivity contribution in [3.8, 4) is 0 Å². The molecule has 1 aliphatic heterocycles. The molecule has 2 heterocycles. The molecule has 0 radical (unpaired) electrons. The van der Waals surface area contributed by atoms with Gasteiger partial charge in [-0.15, -0.1) is 0 Å². The van der Waals surface area contributed by atoms with Gasteiger partial charge >= 0.3 is 0 Å². The summed E-state index contributed by atoms with van der Waals surface area (Å²) in [5.41, 5.74) is 0. The molecule has 1 aromatic heterocycles. The number of nitrogens with one attached hydrogen (secondary N) is 3. The lowest BCUT2D eigenvalue weighted by atomic mass is 10.1. The molecule has 0 saturated heterocycles. The van der Waals surface area contributed by atoms with Crippen LogP contribution in [0, 0.1) is 0 Å². The standard InChI is InChI=1S/C15H29N7O3S/c1-4-16-15(17-8-9-18-26(23,24)5-2)19-12-6-7-14-20-13(11-25-3)21-22(14)10-12/h12,18H,4-11H2,1-3H3,(H2,16,17,19). The maximum absolute atomic E-state index is 11.4. The number of ether oxygens (including phenoxy) is 1. The van der Waals surface area contributed by atoms with Crippen molar-refractivity contribution in [1.82, 2.24) is 30.1 Å². The molecular weight excluding hydrogens is 358 g/mol. The van der Waals surface area contributed by atoms with Crippen molar-refractivity contribution in [2.45, 2.75) is 45.9 Å². The van der Waals surface area contributed by atoms with Gasteiger partial charge in [-0.1, -0.05) is 0 Å². The third-order valence-corrected chi connectivity index (χ3v) is 5.35. The minimum Gasteiger partial charge on any atom is -0.377 e. The largest absolute Gasteiger partial charge is 0.377 e. The van der Waals surface area contributed by atoms with Gasteiger partial charge in [0.25, 0.3) is 0 Å². The smallest absolute Gasteiger partial charge is 0.211 e. The molecule has 0 amide bonds. The summed E-state index contributed by atoms with van der Waals surface area (Å²) in [5, 5.41) is 11.0. The second-order valence-electron chi connectivity index (χ2n) is 6.00. The predicted octanol–water partition coefficient (Wildman–Crippen LogP) is -0.766. The van der Waals surface area contributed by atoms with Crippen molar-refractivity contribution in [3.63, 3.8) is 0 Å². The first-order valence-electron chi connectivity index (χ1n) is 8.91. The van der Waals surface area contributed by atoms with Crippen LogP contribution in [-0.4, -0.2) is 67.7 Å². The molecule has 148 valence electrons. The molecule has 1 aliphatic rings. The van der Waals surface area contributed by atoms with E-state index in [1.165, 1.54) is 0 Å². The van der Waals surface area contributed by atoms with E-state index in [1.807, 2.05) is 11.6 Å². The van der Waals surface area contributed by atoms with Gasteiger partial charge < -0.3 is 15.4 Å². The fourth-order valence-electron chi connectivity index (χ4n) is 2.65. The van der Waals surface area contributed by atoms with Gasteiger partial charge in [-0.25, -0.2) is 22.8 Å². The number of aliphatic imine (C=N–C) groups is 1. The van der Waals surface area contributed by atoms with E-state index in [9.17, 15) is 8.42 Å². The zero-order chi connectivity index (χ0) is 19.0. The lowest BCUT2D eigenvalue weighted by molar-refractivity contribution is 0.177. The number of methoxy groups -OCH3 is 1. The highest BCUT2D eigenvalue weighted by atomic mass is 32.2. The van der Waals surface area contributed by atoms with Crippen molar-refractivity contribution >= 4 is 16.0 Å². The lowest BCUT2D eigenvalue weighted by Crippen LogP contribution is -2.47. The second kappa shape index (κ2) is 9.83. The Hall–Kier alpha value is -1.72. The molecule has 0 fully saturated rings. The van der Waals surface area contributed by atoms with Crippen molar-refractivity contribution in [2.75, 3.05) is 32.5 Å². The number of nitrogens with zero attached hydrogens (tertiary/aromatic N) is 4.